The van der Waals surface area contributed by atoms with Gasteiger partial charge in [0.2, 0.25) is 0 Å². The van der Waals surface area contributed by atoms with Crippen LogP contribution in [-0.4, -0.2) is 31.3 Å². The van der Waals surface area contributed by atoms with Crippen molar-refractivity contribution in [2.75, 3.05) is 20.6 Å². The van der Waals surface area contributed by atoms with Gasteiger partial charge in [0.15, 0.2) is 0 Å². The summed E-state index contributed by atoms with van der Waals surface area (Å²) in [7, 11) is 4.18. The van der Waals surface area contributed by atoms with Gasteiger partial charge in [0, 0.05) is 17.7 Å². The van der Waals surface area contributed by atoms with Crippen LogP contribution in [0.1, 0.15) is 23.1 Å². The second kappa shape index (κ2) is 6.76. The molecular formula is C21H22N2. The van der Waals surface area contributed by atoms with Crippen LogP contribution in [0.5, 0.6) is 0 Å². The molecule has 116 valence electrons. The maximum absolute atomic E-state index is 8.63. The topological polar surface area (TPSA) is 27.1 Å². The van der Waals surface area contributed by atoms with Gasteiger partial charge < -0.3 is 4.90 Å². The first-order chi connectivity index (χ1) is 11.2. The lowest BCUT2D eigenvalue weighted by Crippen LogP contribution is -2.15. The van der Waals surface area contributed by atoms with Gasteiger partial charge >= 0.3 is 0 Å². The van der Waals surface area contributed by atoms with Gasteiger partial charge in [0.1, 0.15) is 0 Å². The molecule has 2 heteroatoms. The molecule has 1 N–H and O–H groups in total. The van der Waals surface area contributed by atoms with E-state index in [1.807, 2.05) is 36.4 Å². The molecule has 0 aliphatic heterocycles. The lowest BCUT2D eigenvalue weighted by atomic mass is 9.91. The highest BCUT2D eigenvalue weighted by molar-refractivity contribution is 6.13. The number of benzene rings is 2. The van der Waals surface area contributed by atoms with E-state index in [1.54, 1.807) is 0 Å². The van der Waals surface area contributed by atoms with Gasteiger partial charge in [0.05, 0.1) is 5.71 Å². The average molecular weight is 302 g/mol. The second-order valence-corrected chi connectivity index (χ2v) is 6.13. The molecule has 0 spiro atoms. The third kappa shape index (κ3) is 3.33. The van der Waals surface area contributed by atoms with E-state index in [0.717, 1.165) is 24.1 Å². The SMILES string of the molecule is CN(C)CC1=C(c2ccccc2C(=N)c2ccccc2)CC=C1. The Labute approximate surface area is 138 Å². The van der Waals surface area contributed by atoms with Gasteiger partial charge in [-0.2, -0.15) is 0 Å². The molecule has 1 aliphatic rings. The van der Waals surface area contributed by atoms with E-state index in [0.29, 0.717) is 5.71 Å². The van der Waals surface area contributed by atoms with Gasteiger partial charge in [-0.3, -0.25) is 5.41 Å². The van der Waals surface area contributed by atoms with Crippen LogP contribution in [-0.2, 0) is 0 Å². The van der Waals surface area contributed by atoms with E-state index < -0.39 is 0 Å². The Hall–Kier alpha value is -2.45. The van der Waals surface area contributed by atoms with Crippen LogP contribution in [0.2, 0.25) is 0 Å². The highest BCUT2D eigenvalue weighted by Crippen LogP contribution is 2.32. The van der Waals surface area contributed by atoms with Gasteiger partial charge in [0.25, 0.3) is 0 Å². The lowest BCUT2D eigenvalue weighted by molar-refractivity contribution is 0.450. The van der Waals surface area contributed by atoms with Crippen LogP contribution >= 0.6 is 0 Å². The molecule has 0 radical (unpaired) electrons. The van der Waals surface area contributed by atoms with E-state index in [9.17, 15) is 0 Å². The van der Waals surface area contributed by atoms with Crippen molar-refractivity contribution in [2.45, 2.75) is 6.42 Å². The zero-order valence-corrected chi connectivity index (χ0v) is 13.7. The molecule has 0 fully saturated rings. The standard InChI is InChI=1S/C21H22N2/c1-23(2)15-17-11-8-14-18(17)19-12-6-7-13-20(19)21(22)16-9-4-3-5-10-16/h3-13,22H,14-15H2,1-2H3. The third-order valence-electron chi connectivity index (χ3n) is 4.10. The smallest absolute Gasteiger partial charge is 0.0690 e. The summed E-state index contributed by atoms with van der Waals surface area (Å²) in [6.45, 7) is 0.929. The molecule has 0 unspecified atom stereocenters. The Kier molecular flexibility index (Phi) is 4.54. The summed E-state index contributed by atoms with van der Waals surface area (Å²) in [5, 5.41) is 8.63. The summed E-state index contributed by atoms with van der Waals surface area (Å²) in [4.78, 5) is 2.19. The number of nitrogens with zero attached hydrogens (tertiary/aromatic N) is 1. The summed E-state index contributed by atoms with van der Waals surface area (Å²) in [6, 6.07) is 18.2. The first-order valence-corrected chi connectivity index (χ1v) is 7.94. The van der Waals surface area contributed by atoms with Crippen LogP contribution in [0.15, 0.2) is 72.3 Å². The van der Waals surface area contributed by atoms with Crippen LogP contribution in [0.3, 0.4) is 0 Å². The van der Waals surface area contributed by atoms with Crippen molar-refractivity contribution in [2.24, 2.45) is 0 Å². The minimum atomic E-state index is 0.588. The predicted molar refractivity (Wildman–Crippen MR) is 98.0 cm³/mol. The molecule has 0 bridgehead atoms. The number of nitrogens with one attached hydrogen (secondary N) is 1. The molecule has 0 saturated heterocycles. The van der Waals surface area contributed by atoms with E-state index in [2.05, 4.69) is 49.3 Å². The Balaban J connectivity index is 2.04. The third-order valence-corrected chi connectivity index (χ3v) is 4.10. The molecule has 0 aromatic heterocycles. The molecule has 0 atom stereocenters. The Morgan fingerprint density at radius 3 is 2.43 bits per heavy atom. The summed E-state index contributed by atoms with van der Waals surface area (Å²) in [5.74, 6) is 0. The van der Waals surface area contributed by atoms with Crippen LogP contribution < -0.4 is 0 Å². The largest absolute Gasteiger partial charge is 0.305 e. The second-order valence-electron chi connectivity index (χ2n) is 6.13. The monoisotopic (exact) mass is 302 g/mol. The minimum absolute atomic E-state index is 0.588. The maximum atomic E-state index is 8.63. The fraction of sp³-hybridized carbons (Fsp3) is 0.190. The van der Waals surface area contributed by atoms with Gasteiger partial charge in [-0.05, 0) is 37.2 Å². The summed E-state index contributed by atoms with van der Waals surface area (Å²) >= 11 is 0. The molecule has 1 aliphatic carbocycles. The minimum Gasteiger partial charge on any atom is -0.305 e. The van der Waals surface area contributed by atoms with E-state index in [1.165, 1.54) is 16.7 Å². The fourth-order valence-corrected chi connectivity index (χ4v) is 3.05. The number of allylic oxidation sites excluding steroid dienone is 2. The lowest BCUT2D eigenvalue weighted by Gasteiger charge is -2.16. The maximum Gasteiger partial charge on any atom is 0.0690 e. The molecule has 0 saturated carbocycles. The van der Waals surface area contributed by atoms with Gasteiger partial charge in [-0.15, -0.1) is 0 Å². The molecule has 2 aromatic rings. The Morgan fingerprint density at radius 1 is 1.00 bits per heavy atom. The number of hydrogen-bond donors (Lipinski definition) is 1. The quantitative estimate of drug-likeness (QED) is 0.815. The van der Waals surface area contributed by atoms with Gasteiger partial charge in [-0.1, -0.05) is 66.7 Å². The fourth-order valence-electron chi connectivity index (χ4n) is 3.05. The van der Waals surface area contributed by atoms with Crippen LogP contribution in [0, 0.1) is 5.41 Å². The summed E-state index contributed by atoms with van der Waals surface area (Å²) in [6.07, 6.45) is 5.39. The van der Waals surface area contributed by atoms with E-state index in [-0.39, 0.29) is 0 Å². The van der Waals surface area contributed by atoms with Crippen molar-refractivity contribution in [3.8, 4) is 0 Å². The summed E-state index contributed by atoms with van der Waals surface area (Å²) in [5.41, 5.74) is 6.43. The van der Waals surface area contributed by atoms with Gasteiger partial charge in [-0.25, -0.2) is 0 Å². The van der Waals surface area contributed by atoms with Crippen LogP contribution in [0.25, 0.3) is 5.57 Å². The number of likely N-dealkylation sites (N-methyl/N-ethyl adjacent to an activating group) is 1. The molecule has 3 rings (SSSR count). The van der Waals surface area contributed by atoms with Crippen molar-refractivity contribution < 1.29 is 0 Å². The van der Waals surface area contributed by atoms with Crippen molar-refractivity contribution in [3.05, 3.63) is 89.0 Å². The molecule has 0 heterocycles. The highest BCUT2D eigenvalue weighted by atomic mass is 15.0. The summed E-state index contributed by atoms with van der Waals surface area (Å²) < 4.78 is 0. The van der Waals surface area contributed by atoms with Crippen molar-refractivity contribution in [1.29, 1.82) is 5.41 Å². The zero-order chi connectivity index (χ0) is 16.2. The first-order valence-electron chi connectivity index (χ1n) is 7.94. The zero-order valence-electron chi connectivity index (χ0n) is 13.7. The number of rotatable bonds is 5. The van der Waals surface area contributed by atoms with Crippen molar-refractivity contribution in [1.82, 2.24) is 4.90 Å². The Morgan fingerprint density at radius 2 is 1.70 bits per heavy atom. The highest BCUT2D eigenvalue weighted by Gasteiger charge is 2.17. The van der Waals surface area contributed by atoms with Crippen molar-refractivity contribution >= 4 is 11.3 Å². The van der Waals surface area contributed by atoms with Crippen LogP contribution in [0.4, 0.5) is 0 Å². The Bertz CT molecular complexity index is 767. The molecule has 23 heavy (non-hydrogen) atoms. The average Bonchev–Trinajstić information content (AvgIpc) is 3.02. The predicted octanol–water partition coefficient (Wildman–Crippen LogP) is 4.38. The number of hydrogen-bond acceptors (Lipinski definition) is 2. The normalized spacial score (nSPS) is 13.9. The van der Waals surface area contributed by atoms with Crippen molar-refractivity contribution in [3.63, 3.8) is 0 Å². The molecular weight excluding hydrogens is 280 g/mol. The molecule has 0 amide bonds. The first kappa shape index (κ1) is 15.4. The van der Waals surface area contributed by atoms with E-state index in [4.69, 9.17) is 5.41 Å². The molecule has 2 nitrogen and oxygen atoms in total. The molecule has 2 aromatic carbocycles. The van der Waals surface area contributed by atoms with E-state index >= 15 is 0 Å².